The van der Waals surface area contributed by atoms with Gasteiger partial charge in [0.15, 0.2) is 0 Å². The lowest BCUT2D eigenvalue weighted by Gasteiger charge is -2.05. The molecule has 1 N–H and O–H groups in total. The molecule has 0 amide bonds. The summed E-state index contributed by atoms with van der Waals surface area (Å²) in [7, 11) is 1.84. The maximum absolute atomic E-state index is 4.43. The average Bonchev–Trinajstić information content (AvgIpc) is 2.32. The topological polar surface area (TPSA) is 37.8 Å². The predicted octanol–water partition coefficient (Wildman–Crippen LogP) is 3.63. The van der Waals surface area contributed by atoms with Gasteiger partial charge in [0.25, 0.3) is 0 Å². The van der Waals surface area contributed by atoms with Crippen molar-refractivity contribution >= 4 is 37.7 Å². The van der Waals surface area contributed by atoms with Crippen molar-refractivity contribution in [1.29, 1.82) is 0 Å². The van der Waals surface area contributed by atoms with Crippen molar-refractivity contribution in [3.63, 3.8) is 0 Å². The zero-order valence-electron chi connectivity index (χ0n) is 9.24. The number of halogens is 2. The highest BCUT2D eigenvalue weighted by atomic mass is 79.9. The molecule has 0 saturated carbocycles. The second-order valence-corrected chi connectivity index (χ2v) is 5.31. The van der Waals surface area contributed by atoms with Gasteiger partial charge in [-0.05, 0) is 33.6 Å². The van der Waals surface area contributed by atoms with Gasteiger partial charge in [-0.2, -0.15) is 0 Å². The van der Waals surface area contributed by atoms with Gasteiger partial charge in [0.05, 0.1) is 4.47 Å². The number of nitrogens with zero attached hydrogens (tertiary/aromatic N) is 2. The Morgan fingerprint density at radius 3 is 2.82 bits per heavy atom. The van der Waals surface area contributed by atoms with Gasteiger partial charge in [0.2, 0.25) is 0 Å². The maximum Gasteiger partial charge on any atom is 0.143 e. The summed E-state index contributed by atoms with van der Waals surface area (Å²) in [5.41, 5.74) is 1.18. The Hall–Kier alpha value is -0.940. The van der Waals surface area contributed by atoms with Crippen LogP contribution >= 0.6 is 31.9 Å². The number of anilines is 1. The summed E-state index contributed by atoms with van der Waals surface area (Å²) in [5.74, 6) is 1.61. The van der Waals surface area contributed by atoms with E-state index in [1.54, 1.807) is 6.20 Å². The predicted molar refractivity (Wildman–Crippen MR) is 76.2 cm³/mol. The number of nitrogens with one attached hydrogen (secondary N) is 1. The van der Waals surface area contributed by atoms with Crippen LogP contribution in [0, 0.1) is 0 Å². The molecule has 2 rings (SSSR count). The molecule has 0 aliphatic carbocycles. The summed E-state index contributed by atoms with van der Waals surface area (Å²) in [5, 5.41) is 3.03. The van der Waals surface area contributed by atoms with Gasteiger partial charge in [-0.3, -0.25) is 0 Å². The van der Waals surface area contributed by atoms with E-state index in [4.69, 9.17) is 0 Å². The second-order valence-electron chi connectivity index (χ2n) is 3.54. The van der Waals surface area contributed by atoms with Crippen molar-refractivity contribution in [3.8, 4) is 0 Å². The Kier molecular flexibility index (Phi) is 4.12. The quantitative estimate of drug-likeness (QED) is 0.912. The van der Waals surface area contributed by atoms with Crippen LogP contribution in [0.1, 0.15) is 11.4 Å². The first kappa shape index (κ1) is 12.5. The van der Waals surface area contributed by atoms with Gasteiger partial charge < -0.3 is 5.32 Å². The largest absolute Gasteiger partial charge is 0.372 e. The standard InChI is InChI=1S/C12H11Br2N3/c1-15-12-10(14)7-16-11(17-12)6-8-3-2-4-9(13)5-8/h2-5,7H,6H2,1H3,(H,15,16,17). The van der Waals surface area contributed by atoms with E-state index >= 15 is 0 Å². The molecule has 0 spiro atoms. The van der Waals surface area contributed by atoms with Crippen LogP contribution in [0.3, 0.4) is 0 Å². The Balaban J connectivity index is 2.24. The van der Waals surface area contributed by atoms with E-state index in [1.807, 2.05) is 19.2 Å². The molecule has 0 unspecified atom stereocenters. The lowest BCUT2D eigenvalue weighted by molar-refractivity contribution is 0.963. The normalized spacial score (nSPS) is 10.3. The molecule has 0 atom stereocenters. The number of hydrogen-bond acceptors (Lipinski definition) is 3. The molecule has 3 nitrogen and oxygen atoms in total. The summed E-state index contributed by atoms with van der Waals surface area (Å²) >= 11 is 6.85. The molecule has 2 aromatic rings. The van der Waals surface area contributed by atoms with Crippen LogP contribution < -0.4 is 5.32 Å². The lowest BCUT2D eigenvalue weighted by Crippen LogP contribution is -2.01. The van der Waals surface area contributed by atoms with Gasteiger partial charge in [0.1, 0.15) is 11.6 Å². The van der Waals surface area contributed by atoms with Crippen LogP contribution in [0.2, 0.25) is 0 Å². The first-order chi connectivity index (χ1) is 8.19. The van der Waals surface area contributed by atoms with E-state index in [9.17, 15) is 0 Å². The summed E-state index contributed by atoms with van der Waals surface area (Å²) in [6, 6.07) is 8.15. The summed E-state index contributed by atoms with van der Waals surface area (Å²) in [6.07, 6.45) is 2.49. The van der Waals surface area contributed by atoms with E-state index < -0.39 is 0 Å². The molecule has 1 aromatic carbocycles. The molecule has 0 aliphatic rings. The third-order valence-electron chi connectivity index (χ3n) is 2.28. The van der Waals surface area contributed by atoms with Crippen LogP contribution in [0.15, 0.2) is 39.4 Å². The summed E-state index contributed by atoms with van der Waals surface area (Å²) in [6.45, 7) is 0. The van der Waals surface area contributed by atoms with E-state index in [0.29, 0.717) is 0 Å². The Morgan fingerprint density at radius 1 is 1.29 bits per heavy atom. The average molecular weight is 357 g/mol. The SMILES string of the molecule is CNc1nc(Cc2cccc(Br)c2)ncc1Br. The van der Waals surface area contributed by atoms with Gasteiger partial charge in [-0.15, -0.1) is 0 Å². The van der Waals surface area contributed by atoms with Crippen molar-refractivity contribution in [3.05, 3.63) is 50.8 Å². The molecule has 5 heteroatoms. The first-order valence-electron chi connectivity index (χ1n) is 5.12. The molecule has 17 heavy (non-hydrogen) atoms. The van der Waals surface area contributed by atoms with Crippen LogP contribution in [0.5, 0.6) is 0 Å². The van der Waals surface area contributed by atoms with Crippen LogP contribution in [0.25, 0.3) is 0 Å². The molecule has 0 radical (unpaired) electrons. The van der Waals surface area contributed by atoms with Crippen molar-refractivity contribution in [2.75, 3.05) is 12.4 Å². The van der Waals surface area contributed by atoms with Crippen LogP contribution in [-0.2, 0) is 6.42 Å². The zero-order valence-corrected chi connectivity index (χ0v) is 12.4. The molecule has 0 aliphatic heterocycles. The lowest BCUT2D eigenvalue weighted by atomic mass is 10.1. The number of rotatable bonds is 3. The van der Waals surface area contributed by atoms with E-state index in [0.717, 1.165) is 27.0 Å². The summed E-state index contributed by atoms with van der Waals surface area (Å²) in [4.78, 5) is 8.73. The Morgan fingerprint density at radius 2 is 2.12 bits per heavy atom. The molecule has 88 valence electrons. The Labute approximate surface area is 117 Å². The Bertz CT molecular complexity index is 529. The van der Waals surface area contributed by atoms with Gasteiger partial charge >= 0.3 is 0 Å². The monoisotopic (exact) mass is 355 g/mol. The van der Waals surface area contributed by atoms with Crippen LogP contribution in [-0.4, -0.2) is 17.0 Å². The molecular formula is C12H11Br2N3. The third kappa shape index (κ3) is 3.26. The number of aromatic nitrogens is 2. The van der Waals surface area contributed by atoms with Crippen LogP contribution in [0.4, 0.5) is 5.82 Å². The molecule has 1 aromatic heterocycles. The highest BCUT2D eigenvalue weighted by Gasteiger charge is 2.04. The summed E-state index contributed by atoms with van der Waals surface area (Å²) < 4.78 is 1.94. The molecule has 0 saturated heterocycles. The first-order valence-corrected chi connectivity index (χ1v) is 6.71. The fraction of sp³-hybridized carbons (Fsp3) is 0.167. The van der Waals surface area contributed by atoms with Crippen molar-refractivity contribution in [2.24, 2.45) is 0 Å². The van der Waals surface area contributed by atoms with Crippen molar-refractivity contribution < 1.29 is 0 Å². The fourth-order valence-electron chi connectivity index (χ4n) is 1.49. The van der Waals surface area contributed by atoms with E-state index in [1.165, 1.54) is 5.56 Å². The van der Waals surface area contributed by atoms with Gasteiger partial charge in [0, 0.05) is 24.1 Å². The minimum Gasteiger partial charge on any atom is -0.372 e. The molecule has 0 bridgehead atoms. The van der Waals surface area contributed by atoms with E-state index in [2.05, 4.69) is 59.3 Å². The third-order valence-corrected chi connectivity index (χ3v) is 3.36. The maximum atomic E-state index is 4.43. The molecule has 1 heterocycles. The van der Waals surface area contributed by atoms with Crippen molar-refractivity contribution in [1.82, 2.24) is 9.97 Å². The molecule has 0 fully saturated rings. The van der Waals surface area contributed by atoms with Crippen molar-refractivity contribution in [2.45, 2.75) is 6.42 Å². The highest BCUT2D eigenvalue weighted by Crippen LogP contribution is 2.19. The second kappa shape index (κ2) is 5.60. The smallest absolute Gasteiger partial charge is 0.143 e. The number of hydrogen-bond donors (Lipinski definition) is 1. The highest BCUT2D eigenvalue weighted by molar-refractivity contribution is 9.10. The molecular weight excluding hydrogens is 346 g/mol. The van der Waals surface area contributed by atoms with E-state index in [-0.39, 0.29) is 0 Å². The zero-order chi connectivity index (χ0) is 12.3. The van der Waals surface area contributed by atoms with Gasteiger partial charge in [-0.1, -0.05) is 28.1 Å². The van der Waals surface area contributed by atoms with Gasteiger partial charge in [-0.25, -0.2) is 9.97 Å². The number of benzene rings is 1. The minimum absolute atomic E-state index is 0.724. The minimum atomic E-state index is 0.724. The fourth-order valence-corrected chi connectivity index (χ4v) is 2.33.